The summed E-state index contributed by atoms with van der Waals surface area (Å²) in [7, 11) is 0. The fourth-order valence-electron chi connectivity index (χ4n) is 5.47. The Morgan fingerprint density at radius 2 is 1.48 bits per heavy atom. The molecule has 54 heavy (non-hydrogen) atoms. The van der Waals surface area contributed by atoms with Gasteiger partial charge in [0, 0.05) is 18.2 Å². The second kappa shape index (κ2) is 24.6. The molecule has 4 rings (SSSR count). The highest BCUT2D eigenvalue weighted by Gasteiger charge is 2.15. The Balaban J connectivity index is 1.42. The van der Waals surface area contributed by atoms with Crippen LogP contribution < -0.4 is 19.4 Å². The molecule has 0 aliphatic heterocycles. The van der Waals surface area contributed by atoms with Crippen LogP contribution in [0.15, 0.2) is 84.5 Å². The first-order valence-corrected chi connectivity index (χ1v) is 20.2. The minimum atomic E-state index is -0.507. The standard InChI is InChI=1S/C43H55N3O7S/c1-4-7-9-11-19-31-51-53-37-26-27-39(52-42(48)34-22-24-36(25-23-34)49-29-17-12-13-18-30-50-41(47)6-3)35(32-37)33-44-46(28-16-10-8-5-2)43-45-38-20-14-15-21-40(38)54-43/h6,14-15,20-27,32-33H,3-5,7-13,16-19,28-31H2,1-2H3/b44-33+. The Kier molecular flexibility index (Phi) is 19.1. The minimum Gasteiger partial charge on any atom is -0.494 e. The molecule has 0 radical (unpaired) electrons. The van der Waals surface area contributed by atoms with Gasteiger partial charge in [-0.25, -0.2) is 19.6 Å². The normalized spacial score (nSPS) is 11.1. The molecule has 0 amide bonds. The third-order valence-electron chi connectivity index (χ3n) is 8.54. The first-order valence-electron chi connectivity index (χ1n) is 19.4. The van der Waals surface area contributed by atoms with Crippen LogP contribution in [0.5, 0.6) is 17.2 Å². The molecule has 1 heterocycles. The van der Waals surface area contributed by atoms with Gasteiger partial charge in [0.2, 0.25) is 5.13 Å². The SMILES string of the molecule is C=CC(=O)OCCCCCCOc1ccc(C(=O)Oc2ccc(OOCCCCCCC)cc2/C=N/N(CCCCCC)c2nc3ccccc3s2)cc1. The summed E-state index contributed by atoms with van der Waals surface area (Å²) in [6, 6.07) is 20.2. The lowest BCUT2D eigenvalue weighted by Gasteiger charge is -2.16. The Morgan fingerprint density at radius 1 is 0.796 bits per heavy atom. The van der Waals surface area contributed by atoms with Crippen molar-refractivity contribution in [1.29, 1.82) is 0 Å². The summed E-state index contributed by atoms with van der Waals surface area (Å²) >= 11 is 1.60. The number of fused-ring (bicyclic) bond motifs is 1. The first kappa shape index (κ1) is 42.0. The maximum atomic E-state index is 13.4. The van der Waals surface area contributed by atoms with Gasteiger partial charge >= 0.3 is 11.9 Å². The van der Waals surface area contributed by atoms with Crippen molar-refractivity contribution in [1.82, 2.24) is 4.98 Å². The largest absolute Gasteiger partial charge is 0.494 e. The lowest BCUT2D eigenvalue weighted by molar-refractivity contribution is -0.207. The van der Waals surface area contributed by atoms with Crippen molar-refractivity contribution in [3.8, 4) is 17.2 Å². The molecule has 10 nitrogen and oxygen atoms in total. The predicted molar refractivity (Wildman–Crippen MR) is 217 cm³/mol. The highest BCUT2D eigenvalue weighted by molar-refractivity contribution is 7.22. The Labute approximate surface area is 324 Å². The minimum absolute atomic E-state index is 0.338. The van der Waals surface area contributed by atoms with Gasteiger partial charge in [0.15, 0.2) is 5.75 Å². The summed E-state index contributed by atoms with van der Waals surface area (Å²) < 4.78 is 17.9. The molecule has 290 valence electrons. The van der Waals surface area contributed by atoms with Crippen molar-refractivity contribution in [2.45, 2.75) is 97.3 Å². The molecule has 0 aliphatic carbocycles. The van der Waals surface area contributed by atoms with Gasteiger partial charge in [0.05, 0.1) is 41.8 Å². The average Bonchev–Trinajstić information content (AvgIpc) is 3.63. The molecule has 0 N–H and O–H groups in total. The van der Waals surface area contributed by atoms with E-state index in [1.807, 2.05) is 23.2 Å². The van der Waals surface area contributed by atoms with Crippen molar-refractivity contribution in [3.05, 3.63) is 90.5 Å². The number of carbonyl (C=O) groups is 2. The van der Waals surface area contributed by atoms with E-state index in [-0.39, 0.29) is 0 Å². The number of ether oxygens (including phenoxy) is 3. The Hall–Kier alpha value is -4.74. The molecular weight excluding hydrogens is 703 g/mol. The number of benzene rings is 3. The maximum absolute atomic E-state index is 13.4. The van der Waals surface area contributed by atoms with Crippen LogP contribution in [0, 0.1) is 0 Å². The molecule has 0 saturated carbocycles. The van der Waals surface area contributed by atoms with Gasteiger partial charge in [0.25, 0.3) is 0 Å². The van der Waals surface area contributed by atoms with Crippen LogP contribution in [-0.2, 0) is 14.4 Å². The van der Waals surface area contributed by atoms with Crippen LogP contribution in [0.1, 0.15) is 113 Å². The highest BCUT2D eigenvalue weighted by atomic mass is 32.1. The second-order valence-corrected chi connectivity index (χ2v) is 14.0. The zero-order chi connectivity index (χ0) is 38.2. The first-order chi connectivity index (χ1) is 26.5. The van der Waals surface area contributed by atoms with Crippen molar-refractivity contribution in [3.63, 3.8) is 0 Å². The van der Waals surface area contributed by atoms with Gasteiger partial charge < -0.3 is 19.1 Å². The Morgan fingerprint density at radius 3 is 2.22 bits per heavy atom. The van der Waals surface area contributed by atoms with Crippen LogP contribution in [0.4, 0.5) is 5.13 Å². The van der Waals surface area contributed by atoms with Gasteiger partial charge in [0.1, 0.15) is 11.5 Å². The molecule has 11 heteroatoms. The van der Waals surface area contributed by atoms with Crippen LogP contribution in [0.2, 0.25) is 0 Å². The van der Waals surface area contributed by atoms with Gasteiger partial charge in [-0.1, -0.05) is 88.8 Å². The van der Waals surface area contributed by atoms with Crippen molar-refractivity contribution >= 4 is 44.8 Å². The number of thiazole rings is 1. The number of aromatic nitrogens is 1. The number of anilines is 1. The molecule has 0 spiro atoms. The number of hydrazone groups is 1. The number of esters is 2. The summed E-state index contributed by atoms with van der Waals surface area (Å²) in [4.78, 5) is 40.5. The molecule has 0 bridgehead atoms. The summed E-state index contributed by atoms with van der Waals surface area (Å²) in [6.07, 6.45) is 16.4. The third kappa shape index (κ3) is 14.9. The van der Waals surface area contributed by atoms with Crippen LogP contribution >= 0.6 is 11.3 Å². The van der Waals surface area contributed by atoms with E-state index >= 15 is 0 Å². The molecule has 1 aromatic heterocycles. The van der Waals surface area contributed by atoms with E-state index in [9.17, 15) is 9.59 Å². The second-order valence-electron chi connectivity index (χ2n) is 13.0. The van der Waals surface area contributed by atoms with E-state index in [1.165, 1.54) is 25.3 Å². The number of hydrogen-bond acceptors (Lipinski definition) is 11. The molecule has 4 aromatic rings. The molecule has 0 fully saturated rings. The average molecular weight is 758 g/mol. The number of unbranched alkanes of at least 4 members (excludes halogenated alkanes) is 10. The quantitative estimate of drug-likeness (QED) is 0.0112. The van der Waals surface area contributed by atoms with E-state index in [4.69, 9.17) is 34.1 Å². The van der Waals surface area contributed by atoms with E-state index in [0.717, 1.165) is 79.6 Å². The van der Waals surface area contributed by atoms with Crippen molar-refractivity contribution in [2.75, 3.05) is 31.4 Å². The molecule has 0 unspecified atom stereocenters. The van der Waals surface area contributed by atoms with Gasteiger partial charge in [-0.05, 0) is 93.1 Å². The molecule has 0 saturated heterocycles. The van der Waals surface area contributed by atoms with Crippen molar-refractivity contribution in [2.24, 2.45) is 5.10 Å². The van der Waals surface area contributed by atoms with Crippen LogP contribution in [0.25, 0.3) is 10.2 Å². The van der Waals surface area contributed by atoms with Crippen molar-refractivity contribution < 1.29 is 33.6 Å². The fraction of sp³-hybridized carbons (Fsp3) is 0.442. The number of rotatable bonds is 27. The topological polar surface area (TPSA) is 109 Å². The summed E-state index contributed by atoms with van der Waals surface area (Å²) in [5, 5.41) is 7.61. The molecular formula is C43H55N3O7S. The van der Waals surface area contributed by atoms with E-state index in [2.05, 4.69) is 26.5 Å². The third-order valence-corrected chi connectivity index (χ3v) is 9.59. The number of hydrogen-bond donors (Lipinski definition) is 0. The fourth-order valence-corrected chi connectivity index (χ4v) is 6.41. The highest BCUT2D eigenvalue weighted by Crippen LogP contribution is 2.30. The van der Waals surface area contributed by atoms with E-state index in [0.29, 0.717) is 54.7 Å². The number of para-hydroxylation sites is 1. The van der Waals surface area contributed by atoms with Crippen LogP contribution in [0.3, 0.4) is 0 Å². The molecule has 3 aromatic carbocycles. The number of nitrogens with zero attached hydrogens (tertiary/aromatic N) is 3. The summed E-state index contributed by atoms with van der Waals surface area (Å²) in [6.45, 7) is 9.91. The maximum Gasteiger partial charge on any atom is 0.343 e. The molecule has 0 atom stereocenters. The van der Waals surface area contributed by atoms with Gasteiger partial charge in [-0.2, -0.15) is 9.99 Å². The number of carbonyl (C=O) groups excluding carboxylic acids is 2. The monoisotopic (exact) mass is 757 g/mol. The predicted octanol–water partition coefficient (Wildman–Crippen LogP) is 10.9. The zero-order valence-electron chi connectivity index (χ0n) is 31.8. The lowest BCUT2D eigenvalue weighted by Crippen LogP contribution is -2.18. The van der Waals surface area contributed by atoms with E-state index in [1.54, 1.807) is 60.0 Å². The zero-order valence-corrected chi connectivity index (χ0v) is 32.7. The van der Waals surface area contributed by atoms with E-state index < -0.39 is 11.9 Å². The Bertz CT molecular complexity index is 1710. The lowest BCUT2D eigenvalue weighted by atomic mass is 10.2. The van der Waals surface area contributed by atoms with Gasteiger partial charge in [-0.3, -0.25) is 0 Å². The van der Waals surface area contributed by atoms with Crippen LogP contribution in [-0.4, -0.2) is 49.5 Å². The summed E-state index contributed by atoms with van der Waals surface area (Å²) in [5.74, 6) is 0.586. The van der Waals surface area contributed by atoms with Gasteiger partial charge in [-0.15, -0.1) is 0 Å². The summed E-state index contributed by atoms with van der Waals surface area (Å²) in [5.41, 5.74) is 1.88. The molecule has 0 aliphatic rings. The smallest absolute Gasteiger partial charge is 0.343 e.